The zero-order chi connectivity index (χ0) is 13.8. The molecule has 0 amide bonds. The zero-order valence-electron chi connectivity index (χ0n) is 11.4. The van der Waals surface area contributed by atoms with Crippen molar-refractivity contribution in [2.24, 2.45) is 0 Å². The van der Waals surface area contributed by atoms with E-state index in [1.165, 1.54) is 12.8 Å². The molecule has 2 aromatic rings. The van der Waals surface area contributed by atoms with Crippen LogP contribution in [0.3, 0.4) is 0 Å². The molecule has 1 aromatic heterocycles. The molecule has 4 nitrogen and oxygen atoms in total. The van der Waals surface area contributed by atoms with Crippen molar-refractivity contribution in [1.82, 2.24) is 9.97 Å². The highest BCUT2D eigenvalue weighted by atomic mass is 16.5. The Hall–Kier alpha value is -1.94. The summed E-state index contributed by atoms with van der Waals surface area (Å²) in [6, 6.07) is 7.78. The van der Waals surface area contributed by atoms with Crippen molar-refractivity contribution in [1.29, 1.82) is 0 Å². The van der Waals surface area contributed by atoms with Crippen LogP contribution < -0.4 is 4.74 Å². The second kappa shape index (κ2) is 6.01. The van der Waals surface area contributed by atoms with Gasteiger partial charge in [-0.2, -0.15) is 0 Å². The van der Waals surface area contributed by atoms with Crippen LogP contribution in [-0.4, -0.2) is 21.7 Å². The standard InChI is InChI=1S/C16H18N2O2/c19-10-9-12-5-7-13(8-6-12)20-16-14-3-1-2-4-15(14)17-11-18-16/h5-8,11,19H,1-4,9-10H2. The molecule has 1 N–H and O–H groups in total. The normalized spacial score (nSPS) is 13.8. The molecule has 0 bridgehead atoms. The van der Waals surface area contributed by atoms with E-state index in [4.69, 9.17) is 9.84 Å². The summed E-state index contributed by atoms with van der Waals surface area (Å²) in [4.78, 5) is 8.61. The molecule has 0 atom stereocenters. The van der Waals surface area contributed by atoms with Crippen LogP contribution in [0.1, 0.15) is 29.7 Å². The predicted octanol–water partition coefficient (Wildman–Crippen LogP) is 2.68. The molecule has 0 saturated heterocycles. The number of rotatable bonds is 4. The number of fused-ring (bicyclic) bond motifs is 1. The maximum atomic E-state index is 8.91. The van der Waals surface area contributed by atoms with Crippen molar-refractivity contribution in [2.75, 3.05) is 6.61 Å². The first-order chi connectivity index (χ1) is 9.86. The summed E-state index contributed by atoms with van der Waals surface area (Å²) in [5.41, 5.74) is 3.38. The molecule has 0 saturated carbocycles. The molecule has 1 heterocycles. The van der Waals surface area contributed by atoms with Gasteiger partial charge in [-0.1, -0.05) is 12.1 Å². The van der Waals surface area contributed by atoms with Crippen molar-refractivity contribution in [3.63, 3.8) is 0 Å². The summed E-state index contributed by atoms with van der Waals surface area (Å²) in [6.07, 6.45) is 6.63. The third-order valence-electron chi connectivity index (χ3n) is 3.62. The minimum absolute atomic E-state index is 0.166. The molecule has 0 spiro atoms. The van der Waals surface area contributed by atoms with Gasteiger partial charge in [0.25, 0.3) is 0 Å². The van der Waals surface area contributed by atoms with Crippen molar-refractivity contribution in [2.45, 2.75) is 32.1 Å². The van der Waals surface area contributed by atoms with Crippen LogP contribution in [0.2, 0.25) is 0 Å². The van der Waals surface area contributed by atoms with Crippen molar-refractivity contribution in [3.8, 4) is 11.6 Å². The zero-order valence-corrected chi connectivity index (χ0v) is 11.4. The van der Waals surface area contributed by atoms with Gasteiger partial charge in [0, 0.05) is 12.2 Å². The minimum Gasteiger partial charge on any atom is -0.439 e. The molecular formula is C16H18N2O2. The van der Waals surface area contributed by atoms with Crippen molar-refractivity contribution in [3.05, 3.63) is 47.4 Å². The number of hydrogen-bond acceptors (Lipinski definition) is 4. The Morgan fingerprint density at radius 1 is 1.05 bits per heavy atom. The molecule has 1 aromatic carbocycles. The van der Waals surface area contributed by atoms with E-state index < -0.39 is 0 Å². The Balaban J connectivity index is 1.80. The second-order valence-electron chi connectivity index (χ2n) is 5.03. The summed E-state index contributed by atoms with van der Waals surface area (Å²) >= 11 is 0. The van der Waals surface area contributed by atoms with E-state index in [1.54, 1.807) is 6.33 Å². The van der Waals surface area contributed by atoms with E-state index in [0.29, 0.717) is 12.3 Å². The van der Waals surface area contributed by atoms with E-state index in [2.05, 4.69) is 9.97 Å². The smallest absolute Gasteiger partial charge is 0.225 e. The number of aliphatic hydroxyl groups is 1. The van der Waals surface area contributed by atoms with Crippen LogP contribution in [0.25, 0.3) is 0 Å². The summed E-state index contributed by atoms with van der Waals surface area (Å²) in [6.45, 7) is 0.166. The largest absolute Gasteiger partial charge is 0.439 e. The fraction of sp³-hybridized carbons (Fsp3) is 0.375. The van der Waals surface area contributed by atoms with Crippen LogP contribution in [0.5, 0.6) is 11.6 Å². The fourth-order valence-electron chi connectivity index (χ4n) is 2.54. The molecule has 104 valence electrons. The predicted molar refractivity (Wildman–Crippen MR) is 76.0 cm³/mol. The Bertz CT molecular complexity index is 582. The SMILES string of the molecule is OCCc1ccc(Oc2ncnc3c2CCCC3)cc1. The number of aliphatic hydroxyl groups excluding tert-OH is 1. The maximum Gasteiger partial charge on any atom is 0.225 e. The Labute approximate surface area is 118 Å². The minimum atomic E-state index is 0.166. The highest BCUT2D eigenvalue weighted by molar-refractivity contribution is 5.36. The van der Waals surface area contributed by atoms with Gasteiger partial charge in [-0.15, -0.1) is 0 Å². The van der Waals surface area contributed by atoms with Gasteiger partial charge in [0.2, 0.25) is 5.88 Å². The first-order valence-corrected chi connectivity index (χ1v) is 7.07. The summed E-state index contributed by atoms with van der Waals surface area (Å²) in [5, 5.41) is 8.91. The Morgan fingerprint density at radius 2 is 1.85 bits per heavy atom. The molecule has 0 unspecified atom stereocenters. The fourth-order valence-corrected chi connectivity index (χ4v) is 2.54. The Kier molecular flexibility index (Phi) is 3.92. The molecule has 0 radical (unpaired) electrons. The lowest BCUT2D eigenvalue weighted by molar-refractivity contribution is 0.299. The summed E-state index contributed by atoms with van der Waals surface area (Å²) in [7, 11) is 0. The Morgan fingerprint density at radius 3 is 2.65 bits per heavy atom. The van der Waals surface area contributed by atoms with Crippen LogP contribution >= 0.6 is 0 Å². The highest BCUT2D eigenvalue weighted by Crippen LogP contribution is 2.29. The average Bonchev–Trinajstić information content (AvgIpc) is 2.50. The highest BCUT2D eigenvalue weighted by Gasteiger charge is 2.16. The molecular weight excluding hydrogens is 252 g/mol. The van der Waals surface area contributed by atoms with Gasteiger partial charge in [0.1, 0.15) is 12.1 Å². The molecule has 1 aliphatic rings. The van der Waals surface area contributed by atoms with E-state index in [1.807, 2.05) is 24.3 Å². The molecule has 0 fully saturated rings. The van der Waals surface area contributed by atoms with Crippen molar-refractivity contribution >= 4 is 0 Å². The van der Waals surface area contributed by atoms with Crippen LogP contribution in [0.15, 0.2) is 30.6 Å². The summed E-state index contributed by atoms with van der Waals surface area (Å²) < 4.78 is 5.90. The second-order valence-corrected chi connectivity index (χ2v) is 5.03. The van der Waals surface area contributed by atoms with Crippen LogP contribution in [0.4, 0.5) is 0 Å². The van der Waals surface area contributed by atoms with E-state index >= 15 is 0 Å². The molecule has 0 aliphatic heterocycles. The lowest BCUT2D eigenvalue weighted by atomic mass is 9.97. The number of benzene rings is 1. The molecule has 20 heavy (non-hydrogen) atoms. The molecule has 1 aliphatic carbocycles. The van der Waals surface area contributed by atoms with E-state index in [0.717, 1.165) is 35.4 Å². The van der Waals surface area contributed by atoms with E-state index in [-0.39, 0.29) is 6.61 Å². The number of ether oxygens (including phenoxy) is 1. The number of aromatic nitrogens is 2. The molecule has 4 heteroatoms. The van der Waals surface area contributed by atoms with Gasteiger partial charge in [-0.25, -0.2) is 9.97 Å². The van der Waals surface area contributed by atoms with Gasteiger partial charge in [0.05, 0.1) is 5.69 Å². The summed E-state index contributed by atoms with van der Waals surface area (Å²) in [5.74, 6) is 1.46. The number of aryl methyl sites for hydroxylation is 1. The average molecular weight is 270 g/mol. The van der Waals surface area contributed by atoms with Crippen LogP contribution in [0, 0.1) is 0 Å². The maximum absolute atomic E-state index is 8.91. The van der Waals surface area contributed by atoms with Crippen molar-refractivity contribution < 1.29 is 9.84 Å². The lowest BCUT2D eigenvalue weighted by Crippen LogP contribution is -2.08. The quantitative estimate of drug-likeness (QED) is 0.928. The van der Waals surface area contributed by atoms with Gasteiger partial charge in [0.15, 0.2) is 0 Å². The first kappa shape index (κ1) is 13.1. The van der Waals surface area contributed by atoms with Gasteiger partial charge in [-0.3, -0.25) is 0 Å². The lowest BCUT2D eigenvalue weighted by Gasteiger charge is -2.17. The number of hydrogen-bond donors (Lipinski definition) is 1. The number of nitrogens with zero attached hydrogens (tertiary/aromatic N) is 2. The first-order valence-electron chi connectivity index (χ1n) is 7.07. The third-order valence-corrected chi connectivity index (χ3v) is 3.62. The van der Waals surface area contributed by atoms with Gasteiger partial charge < -0.3 is 9.84 Å². The van der Waals surface area contributed by atoms with Crippen LogP contribution in [-0.2, 0) is 19.3 Å². The van der Waals surface area contributed by atoms with E-state index in [9.17, 15) is 0 Å². The monoisotopic (exact) mass is 270 g/mol. The molecule has 3 rings (SSSR count). The van der Waals surface area contributed by atoms with Gasteiger partial charge in [-0.05, 0) is 49.8 Å². The van der Waals surface area contributed by atoms with Gasteiger partial charge >= 0.3 is 0 Å². The third kappa shape index (κ3) is 2.80. The topological polar surface area (TPSA) is 55.2 Å².